The standard InChI is InChI=1S/C12H11NO2/c1-8-7-11(13-9(2)14)10-5-3-4-6-12(10)15-8/h3-7H,1-2H3. The van der Waals surface area contributed by atoms with Crippen LogP contribution in [0.15, 0.2) is 39.7 Å². The highest BCUT2D eigenvalue weighted by molar-refractivity contribution is 5.79. The van der Waals surface area contributed by atoms with Crippen molar-refractivity contribution in [2.75, 3.05) is 0 Å². The summed E-state index contributed by atoms with van der Waals surface area (Å²) in [5, 5.41) is 1.53. The quantitative estimate of drug-likeness (QED) is 0.655. The molecule has 1 amide bonds. The second-order valence-electron chi connectivity index (χ2n) is 3.37. The van der Waals surface area contributed by atoms with E-state index in [0.29, 0.717) is 5.36 Å². The fourth-order valence-corrected chi connectivity index (χ4v) is 1.50. The molecule has 3 nitrogen and oxygen atoms in total. The number of carbonyl (C=O) groups excluding carboxylic acids is 1. The van der Waals surface area contributed by atoms with Crippen LogP contribution in [0.4, 0.5) is 0 Å². The average Bonchev–Trinajstić information content (AvgIpc) is 2.16. The summed E-state index contributed by atoms with van der Waals surface area (Å²) in [6, 6.07) is 9.31. The molecule has 2 rings (SSSR count). The third kappa shape index (κ3) is 1.96. The maximum absolute atomic E-state index is 11.0. The molecular formula is C12H11NO2. The summed E-state index contributed by atoms with van der Waals surface area (Å²) in [6.45, 7) is 3.28. The van der Waals surface area contributed by atoms with Gasteiger partial charge in [0.15, 0.2) is 0 Å². The lowest BCUT2D eigenvalue weighted by molar-refractivity contribution is -0.116. The molecule has 0 saturated carbocycles. The van der Waals surface area contributed by atoms with Crippen molar-refractivity contribution in [3.63, 3.8) is 0 Å². The third-order valence-electron chi connectivity index (χ3n) is 2.05. The molecule has 1 aromatic carbocycles. The average molecular weight is 201 g/mol. The molecule has 76 valence electrons. The molecule has 2 aromatic rings. The first kappa shape index (κ1) is 9.65. The van der Waals surface area contributed by atoms with Gasteiger partial charge >= 0.3 is 0 Å². The largest absolute Gasteiger partial charge is 0.461 e. The summed E-state index contributed by atoms with van der Waals surface area (Å²) < 4.78 is 5.51. The van der Waals surface area contributed by atoms with E-state index in [9.17, 15) is 4.79 Å². The summed E-state index contributed by atoms with van der Waals surface area (Å²) in [4.78, 5) is 14.9. The van der Waals surface area contributed by atoms with Gasteiger partial charge in [-0.15, -0.1) is 0 Å². The molecule has 0 radical (unpaired) electrons. The molecule has 0 atom stereocenters. The van der Waals surface area contributed by atoms with Crippen LogP contribution in [-0.2, 0) is 4.79 Å². The van der Waals surface area contributed by atoms with E-state index in [1.807, 2.05) is 31.2 Å². The first-order valence-electron chi connectivity index (χ1n) is 4.71. The van der Waals surface area contributed by atoms with Crippen molar-refractivity contribution in [2.24, 2.45) is 4.99 Å². The Balaban J connectivity index is 2.89. The zero-order valence-electron chi connectivity index (χ0n) is 8.65. The highest BCUT2D eigenvalue weighted by Crippen LogP contribution is 2.10. The molecule has 0 unspecified atom stereocenters. The summed E-state index contributed by atoms with van der Waals surface area (Å²) in [5.41, 5.74) is 0.748. The molecule has 1 aromatic heterocycles. The van der Waals surface area contributed by atoms with Gasteiger partial charge in [0.25, 0.3) is 0 Å². The van der Waals surface area contributed by atoms with E-state index >= 15 is 0 Å². The van der Waals surface area contributed by atoms with Crippen molar-refractivity contribution in [1.82, 2.24) is 0 Å². The van der Waals surface area contributed by atoms with Gasteiger partial charge in [0.1, 0.15) is 11.3 Å². The van der Waals surface area contributed by atoms with E-state index in [-0.39, 0.29) is 5.91 Å². The number of nitrogens with zero attached hydrogens (tertiary/aromatic N) is 1. The molecule has 1 heterocycles. The highest BCUT2D eigenvalue weighted by atomic mass is 16.3. The fraction of sp³-hybridized carbons (Fsp3) is 0.167. The van der Waals surface area contributed by atoms with E-state index < -0.39 is 0 Å². The zero-order valence-corrected chi connectivity index (χ0v) is 8.65. The molecule has 0 fully saturated rings. The van der Waals surface area contributed by atoms with E-state index in [1.165, 1.54) is 6.92 Å². The molecule has 0 N–H and O–H groups in total. The number of amides is 1. The first-order valence-corrected chi connectivity index (χ1v) is 4.71. The summed E-state index contributed by atoms with van der Waals surface area (Å²) in [6.07, 6.45) is 0. The Labute approximate surface area is 87.1 Å². The third-order valence-corrected chi connectivity index (χ3v) is 2.05. The first-order chi connectivity index (χ1) is 7.16. The van der Waals surface area contributed by atoms with Gasteiger partial charge in [0, 0.05) is 18.4 Å². The van der Waals surface area contributed by atoms with Crippen LogP contribution < -0.4 is 5.36 Å². The highest BCUT2D eigenvalue weighted by Gasteiger charge is 1.99. The molecule has 0 aliphatic heterocycles. The monoisotopic (exact) mass is 201 g/mol. The Morgan fingerprint density at radius 3 is 2.80 bits per heavy atom. The molecule has 0 bridgehead atoms. The molecule has 0 saturated heterocycles. The van der Waals surface area contributed by atoms with E-state index in [4.69, 9.17) is 4.42 Å². The Morgan fingerprint density at radius 2 is 2.07 bits per heavy atom. The van der Waals surface area contributed by atoms with Crippen LogP contribution in [0.3, 0.4) is 0 Å². The maximum atomic E-state index is 11.0. The predicted molar refractivity (Wildman–Crippen MR) is 57.2 cm³/mol. The minimum absolute atomic E-state index is 0.203. The van der Waals surface area contributed by atoms with Crippen molar-refractivity contribution in [1.29, 1.82) is 0 Å². The van der Waals surface area contributed by atoms with Gasteiger partial charge in [0.05, 0.1) is 5.36 Å². The predicted octanol–water partition coefficient (Wildman–Crippen LogP) is 2.19. The van der Waals surface area contributed by atoms with Crippen LogP contribution in [0.5, 0.6) is 0 Å². The van der Waals surface area contributed by atoms with Gasteiger partial charge in [-0.3, -0.25) is 4.79 Å². The van der Waals surface area contributed by atoms with E-state index in [2.05, 4.69) is 4.99 Å². The van der Waals surface area contributed by atoms with Crippen LogP contribution >= 0.6 is 0 Å². The molecule has 0 spiro atoms. The minimum Gasteiger partial charge on any atom is -0.461 e. The molecule has 0 aliphatic carbocycles. The molecule has 15 heavy (non-hydrogen) atoms. The number of fused-ring (bicyclic) bond motifs is 1. The number of rotatable bonds is 0. The summed E-state index contributed by atoms with van der Waals surface area (Å²) in [5.74, 6) is 0.541. The summed E-state index contributed by atoms with van der Waals surface area (Å²) in [7, 11) is 0. The maximum Gasteiger partial charge on any atom is 0.243 e. The van der Waals surface area contributed by atoms with Crippen molar-refractivity contribution in [3.05, 3.63) is 41.4 Å². The van der Waals surface area contributed by atoms with Crippen LogP contribution in [0.1, 0.15) is 12.7 Å². The lowest BCUT2D eigenvalue weighted by Gasteiger charge is -1.99. The summed E-state index contributed by atoms with van der Waals surface area (Å²) >= 11 is 0. The second kappa shape index (κ2) is 3.69. The van der Waals surface area contributed by atoms with Gasteiger partial charge in [-0.2, -0.15) is 0 Å². The van der Waals surface area contributed by atoms with Crippen LogP contribution in [0.2, 0.25) is 0 Å². The normalized spacial score (nSPS) is 12.0. The smallest absolute Gasteiger partial charge is 0.243 e. The SMILES string of the molecule is CC(=O)N=c1cc(C)oc2ccccc12. The minimum atomic E-state index is -0.203. The van der Waals surface area contributed by atoms with Crippen LogP contribution in [0, 0.1) is 6.92 Å². The van der Waals surface area contributed by atoms with Crippen molar-refractivity contribution in [3.8, 4) is 0 Å². The molecule has 0 aliphatic rings. The van der Waals surface area contributed by atoms with E-state index in [0.717, 1.165) is 16.7 Å². The van der Waals surface area contributed by atoms with Crippen molar-refractivity contribution in [2.45, 2.75) is 13.8 Å². The number of benzene rings is 1. The zero-order chi connectivity index (χ0) is 10.8. The number of hydrogen-bond acceptors (Lipinski definition) is 2. The lowest BCUT2D eigenvalue weighted by Crippen LogP contribution is -2.06. The number of carbonyl (C=O) groups is 1. The lowest BCUT2D eigenvalue weighted by atomic mass is 10.2. The molecule has 3 heteroatoms. The number of hydrogen-bond donors (Lipinski definition) is 0. The van der Waals surface area contributed by atoms with Gasteiger partial charge in [-0.25, -0.2) is 4.99 Å². The van der Waals surface area contributed by atoms with Gasteiger partial charge in [0.2, 0.25) is 5.91 Å². The Morgan fingerprint density at radius 1 is 1.33 bits per heavy atom. The van der Waals surface area contributed by atoms with Gasteiger partial charge in [-0.05, 0) is 19.1 Å². The Bertz CT molecular complexity index is 581. The van der Waals surface area contributed by atoms with Gasteiger partial charge in [-0.1, -0.05) is 12.1 Å². The Kier molecular flexibility index (Phi) is 2.37. The molecular weight excluding hydrogens is 190 g/mol. The van der Waals surface area contributed by atoms with Gasteiger partial charge < -0.3 is 4.42 Å². The Hall–Kier alpha value is -1.90. The number of aryl methyl sites for hydroxylation is 1. The van der Waals surface area contributed by atoms with Crippen molar-refractivity contribution >= 4 is 16.9 Å². The second-order valence-corrected chi connectivity index (χ2v) is 3.37. The van der Waals surface area contributed by atoms with Crippen molar-refractivity contribution < 1.29 is 9.21 Å². The topological polar surface area (TPSA) is 42.6 Å². The number of para-hydroxylation sites is 1. The van der Waals surface area contributed by atoms with Crippen LogP contribution in [0.25, 0.3) is 11.0 Å². The van der Waals surface area contributed by atoms with E-state index in [1.54, 1.807) is 6.07 Å². The van der Waals surface area contributed by atoms with Crippen LogP contribution in [-0.4, -0.2) is 5.91 Å². The fourth-order valence-electron chi connectivity index (χ4n) is 1.50.